The molecule has 1 N–H and O–H groups in total. The van der Waals surface area contributed by atoms with Crippen molar-refractivity contribution in [1.29, 1.82) is 5.26 Å². The molecule has 8 heteroatoms. The Hall–Kier alpha value is -4.90. The van der Waals surface area contributed by atoms with E-state index in [1.54, 1.807) is 79.9 Å². The molecule has 4 aromatic rings. The number of methoxy groups -OCH3 is 2. The number of hydrogen-bond donors (Lipinski definition) is 1. The predicted octanol–water partition coefficient (Wildman–Crippen LogP) is 4.22. The topological polar surface area (TPSA) is 114 Å². The molecule has 0 radical (unpaired) electrons. The van der Waals surface area contributed by atoms with Crippen LogP contribution >= 0.6 is 0 Å². The summed E-state index contributed by atoms with van der Waals surface area (Å²) in [4.78, 5) is 31.9. The van der Waals surface area contributed by atoms with E-state index in [1.807, 2.05) is 0 Å². The van der Waals surface area contributed by atoms with Gasteiger partial charge in [-0.15, -0.1) is 0 Å². The number of aromatic amines is 1. The number of carbonyl (C=O) groups is 1. The van der Waals surface area contributed by atoms with Crippen LogP contribution in [0.25, 0.3) is 22.6 Å². The minimum atomic E-state index is -0.556. The van der Waals surface area contributed by atoms with Crippen LogP contribution in [0, 0.1) is 11.3 Å². The van der Waals surface area contributed by atoms with Gasteiger partial charge in [0.2, 0.25) is 0 Å². The minimum absolute atomic E-state index is 0.153. The lowest BCUT2D eigenvalue weighted by atomic mass is 10.1. The standard InChI is InChI=1S/C26H19N3O5/c1-32-19-10-8-17(9-11-19)26(31)34-22-12-7-16(14-23(22)33-2)13-18(15-27)24-28-21-6-4-3-5-20(21)25(30)29-24/h3-14H,1-2H3,(H,28,29,30)/b18-13+. The molecule has 0 bridgehead atoms. The van der Waals surface area contributed by atoms with Crippen LogP contribution in [0.15, 0.2) is 71.5 Å². The highest BCUT2D eigenvalue weighted by molar-refractivity contribution is 5.92. The maximum absolute atomic E-state index is 12.5. The zero-order valence-electron chi connectivity index (χ0n) is 18.4. The van der Waals surface area contributed by atoms with E-state index < -0.39 is 5.97 Å². The lowest BCUT2D eigenvalue weighted by Crippen LogP contribution is -2.11. The molecular weight excluding hydrogens is 434 g/mol. The van der Waals surface area contributed by atoms with E-state index in [4.69, 9.17) is 14.2 Å². The van der Waals surface area contributed by atoms with Crippen LogP contribution in [0.2, 0.25) is 0 Å². The van der Waals surface area contributed by atoms with E-state index in [-0.39, 0.29) is 22.7 Å². The maximum atomic E-state index is 12.5. The van der Waals surface area contributed by atoms with E-state index in [0.717, 1.165) is 0 Å². The zero-order chi connectivity index (χ0) is 24.1. The first-order valence-corrected chi connectivity index (χ1v) is 10.2. The van der Waals surface area contributed by atoms with Crippen molar-refractivity contribution >= 4 is 28.5 Å². The highest BCUT2D eigenvalue weighted by Crippen LogP contribution is 2.30. The second-order valence-corrected chi connectivity index (χ2v) is 7.13. The average Bonchev–Trinajstić information content (AvgIpc) is 2.87. The summed E-state index contributed by atoms with van der Waals surface area (Å²) in [5.41, 5.74) is 1.26. The Bertz CT molecular complexity index is 1500. The third kappa shape index (κ3) is 4.64. The fourth-order valence-corrected chi connectivity index (χ4v) is 3.28. The van der Waals surface area contributed by atoms with Crippen LogP contribution in [0.4, 0.5) is 0 Å². The van der Waals surface area contributed by atoms with Crippen molar-refractivity contribution in [3.8, 4) is 23.3 Å². The third-order valence-electron chi connectivity index (χ3n) is 5.02. The number of benzene rings is 3. The number of nitrogens with one attached hydrogen (secondary N) is 1. The molecule has 0 saturated heterocycles. The molecule has 3 aromatic carbocycles. The number of rotatable bonds is 6. The van der Waals surface area contributed by atoms with Gasteiger partial charge in [-0.1, -0.05) is 18.2 Å². The fourth-order valence-electron chi connectivity index (χ4n) is 3.28. The zero-order valence-corrected chi connectivity index (χ0v) is 18.4. The van der Waals surface area contributed by atoms with Gasteiger partial charge < -0.3 is 19.2 Å². The molecule has 34 heavy (non-hydrogen) atoms. The molecule has 0 saturated carbocycles. The Morgan fingerprint density at radius 2 is 1.76 bits per heavy atom. The predicted molar refractivity (Wildman–Crippen MR) is 127 cm³/mol. The normalized spacial score (nSPS) is 11.0. The maximum Gasteiger partial charge on any atom is 0.343 e. The van der Waals surface area contributed by atoms with Gasteiger partial charge in [0.25, 0.3) is 5.56 Å². The molecule has 0 spiro atoms. The average molecular weight is 453 g/mol. The summed E-state index contributed by atoms with van der Waals surface area (Å²) in [5.74, 6) is 0.741. The van der Waals surface area contributed by atoms with Crippen LogP contribution in [-0.2, 0) is 0 Å². The van der Waals surface area contributed by atoms with E-state index in [1.165, 1.54) is 7.11 Å². The number of nitrogens with zero attached hydrogens (tertiary/aromatic N) is 2. The highest BCUT2D eigenvalue weighted by Gasteiger charge is 2.14. The van der Waals surface area contributed by atoms with E-state index in [9.17, 15) is 14.9 Å². The number of allylic oxidation sites excluding steroid dienone is 1. The van der Waals surface area contributed by atoms with Gasteiger partial charge in [-0.2, -0.15) is 5.26 Å². The number of hydrogen-bond acceptors (Lipinski definition) is 7. The largest absolute Gasteiger partial charge is 0.497 e. The van der Waals surface area contributed by atoms with Crippen molar-refractivity contribution in [1.82, 2.24) is 9.97 Å². The van der Waals surface area contributed by atoms with Gasteiger partial charge in [-0.25, -0.2) is 9.78 Å². The Morgan fingerprint density at radius 1 is 1.00 bits per heavy atom. The van der Waals surface area contributed by atoms with Crippen LogP contribution in [0.3, 0.4) is 0 Å². The van der Waals surface area contributed by atoms with Gasteiger partial charge in [-0.3, -0.25) is 4.79 Å². The van der Waals surface area contributed by atoms with Crippen molar-refractivity contribution in [3.63, 3.8) is 0 Å². The summed E-state index contributed by atoms with van der Waals surface area (Å²) in [7, 11) is 2.99. The minimum Gasteiger partial charge on any atom is -0.497 e. The molecule has 168 valence electrons. The number of H-pyrrole nitrogens is 1. The van der Waals surface area contributed by atoms with Gasteiger partial charge in [-0.05, 0) is 60.2 Å². The van der Waals surface area contributed by atoms with Crippen molar-refractivity contribution < 1.29 is 19.0 Å². The molecule has 0 amide bonds. The molecule has 1 aromatic heterocycles. The number of carbonyl (C=O) groups excluding carboxylic acids is 1. The second kappa shape index (κ2) is 9.71. The van der Waals surface area contributed by atoms with E-state index in [0.29, 0.717) is 33.5 Å². The first-order chi connectivity index (χ1) is 16.5. The summed E-state index contributed by atoms with van der Waals surface area (Å²) < 4.78 is 15.9. The van der Waals surface area contributed by atoms with Gasteiger partial charge in [0.05, 0.1) is 36.3 Å². The Labute approximate surface area is 194 Å². The van der Waals surface area contributed by atoms with E-state index >= 15 is 0 Å². The molecule has 1 heterocycles. The lowest BCUT2D eigenvalue weighted by molar-refractivity contribution is 0.0729. The molecule has 0 atom stereocenters. The molecule has 0 unspecified atom stereocenters. The molecule has 0 aliphatic heterocycles. The fraction of sp³-hybridized carbons (Fsp3) is 0.0769. The molecule has 4 rings (SSSR count). The van der Waals surface area contributed by atoms with Crippen LogP contribution in [0.1, 0.15) is 21.7 Å². The Morgan fingerprint density at radius 3 is 2.47 bits per heavy atom. The smallest absolute Gasteiger partial charge is 0.343 e. The lowest BCUT2D eigenvalue weighted by Gasteiger charge is -2.10. The molecule has 0 aliphatic rings. The summed E-state index contributed by atoms with van der Waals surface area (Å²) in [6, 6.07) is 20.3. The van der Waals surface area contributed by atoms with Gasteiger partial charge >= 0.3 is 5.97 Å². The molecule has 0 fully saturated rings. The third-order valence-corrected chi connectivity index (χ3v) is 5.02. The van der Waals surface area contributed by atoms with Crippen molar-refractivity contribution in [2.24, 2.45) is 0 Å². The van der Waals surface area contributed by atoms with Crippen molar-refractivity contribution in [2.45, 2.75) is 0 Å². The monoisotopic (exact) mass is 453 g/mol. The van der Waals surface area contributed by atoms with Crippen LogP contribution in [0.5, 0.6) is 17.2 Å². The van der Waals surface area contributed by atoms with Gasteiger partial charge in [0.15, 0.2) is 17.3 Å². The quantitative estimate of drug-likeness (QED) is 0.264. The number of nitriles is 1. The van der Waals surface area contributed by atoms with Gasteiger partial charge in [0, 0.05) is 0 Å². The number of esters is 1. The Balaban J connectivity index is 1.63. The number of fused-ring (bicyclic) bond motifs is 1. The van der Waals surface area contributed by atoms with Crippen molar-refractivity contribution in [3.05, 3.63) is 94.0 Å². The second-order valence-electron chi connectivity index (χ2n) is 7.13. The molecular formula is C26H19N3O5. The van der Waals surface area contributed by atoms with Crippen LogP contribution < -0.4 is 19.8 Å². The summed E-state index contributed by atoms with van der Waals surface area (Å²) in [6.07, 6.45) is 1.56. The summed E-state index contributed by atoms with van der Waals surface area (Å²) in [6.45, 7) is 0. The first-order valence-electron chi connectivity index (χ1n) is 10.2. The summed E-state index contributed by atoms with van der Waals surface area (Å²) in [5, 5.41) is 10.1. The number of ether oxygens (including phenoxy) is 3. The van der Waals surface area contributed by atoms with Crippen molar-refractivity contribution in [2.75, 3.05) is 14.2 Å². The Kier molecular flexibility index (Phi) is 6.37. The van der Waals surface area contributed by atoms with Gasteiger partial charge in [0.1, 0.15) is 11.8 Å². The highest BCUT2D eigenvalue weighted by atomic mass is 16.6. The SMILES string of the molecule is COc1ccc(C(=O)Oc2ccc(/C=C(\C#N)c3nc4ccccc4c(=O)[nH]3)cc2OC)cc1. The van der Waals surface area contributed by atoms with Crippen LogP contribution in [-0.4, -0.2) is 30.2 Å². The number of para-hydroxylation sites is 1. The molecule has 0 aliphatic carbocycles. The molecule has 8 nitrogen and oxygen atoms in total. The summed E-state index contributed by atoms with van der Waals surface area (Å²) >= 11 is 0. The number of aromatic nitrogens is 2. The first kappa shape index (κ1) is 22.3. The van der Waals surface area contributed by atoms with E-state index in [2.05, 4.69) is 16.0 Å².